The van der Waals surface area contributed by atoms with Gasteiger partial charge >= 0.3 is 12.2 Å². The fourth-order valence-corrected chi connectivity index (χ4v) is 9.79. The van der Waals surface area contributed by atoms with E-state index >= 15 is 0 Å². The normalized spacial score (nSPS) is 22.9. The number of amides is 2. The van der Waals surface area contributed by atoms with Gasteiger partial charge in [0.1, 0.15) is 47.7 Å². The lowest BCUT2D eigenvalue weighted by molar-refractivity contribution is -0.0511. The van der Waals surface area contributed by atoms with Gasteiger partial charge in [-0.15, -0.1) is 12.3 Å². The zero-order valence-electron chi connectivity index (χ0n) is 43.1. The minimum Gasteiger partial charge on any atom is -0.493 e. The summed E-state index contributed by atoms with van der Waals surface area (Å²) in [5.41, 5.74) is 13.2. The highest BCUT2D eigenvalue weighted by Gasteiger charge is 2.45. The van der Waals surface area contributed by atoms with E-state index in [0.29, 0.717) is 93.6 Å². The topological polar surface area (TPSA) is 357 Å². The Kier molecular flexibility index (Phi) is 21.0. The predicted octanol–water partition coefficient (Wildman–Crippen LogP) is 2.87. The number of para-hydroxylation sites is 4. The van der Waals surface area contributed by atoms with Gasteiger partial charge in [-0.05, 0) is 67.7 Å². The van der Waals surface area contributed by atoms with E-state index in [-0.39, 0.29) is 31.0 Å². The van der Waals surface area contributed by atoms with Gasteiger partial charge in [0.05, 0.1) is 40.1 Å². The number of ether oxygens (including phenoxy) is 6. The second kappa shape index (κ2) is 27.8. The number of benzene rings is 2. The summed E-state index contributed by atoms with van der Waals surface area (Å²) in [5, 5.41) is 58.8. The van der Waals surface area contributed by atoms with Crippen molar-refractivity contribution in [3.63, 3.8) is 0 Å². The molecule has 4 aliphatic heterocycles. The summed E-state index contributed by atoms with van der Waals surface area (Å²) in [5.74, 6) is 12.0. The molecule has 4 saturated heterocycles. The fourth-order valence-electron chi connectivity index (χ4n) is 9.30. The van der Waals surface area contributed by atoms with Gasteiger partial charge < -0.3 is 80.3 Å². The molecule has 27 heteroatoms. The molecule has 4 aromatic heterocycles. The maximum Gasteiger partial charge on any atom is 0.415 e. The quantitative estimate of drug-likeness (QED) is 0.0555. The number of anilines is 2. The van der Waals surface area contributed by atoms with Crippen molar-refractivity contribution in [3.05, 3.63) is 70.8 Å². The molecule has 0 aliphatic carbocycles. The third-order valence-electron chi connectivity index (χ3n) is 13.7. The predicted molar refractivity (Wildman–Crippen MR) is 297 cm³/mol. The Morgan fingerprint density at radius 2 is 1.09 bits per heavy atom. The number of aliphatic hydroxyl groups excluding tert-OH is 6. The number of likely N-dealkylation sites (tertiary alicyclic amines) is 2. The number of terminal acetylenes is 1. The maximum absolute atomic E-state index is 12.6. The third kappa shape index (κ3) is 13.9. The molecule has 0 spiro atoms. The van der Waals surface area contributed by atoms with E-state index in [1.807, 2.05) is 40.8 Å². The highest BCUT2D eigenvalue weighted by Crippen LogP contribution is 2.35. The lowest BCUT2D eigenvalue weighted by atomic mass is 9.94. The molecule has 2 aromatic carbocycles. The SMILES string of the molecule is C.C#CCC1CCN(C(=O)Oc2ccccc2OC)CC1.COc1ccccc1OC(=O)N1CCC(CC#Cc2nc(N)c3ncn([C@@H]4O[C@H](CO)C(O)[C@@H]4O)c3n2)CC1.Nc1nc(I)nc2c1ncn2[C@@H]1O[C@H](CO)C(O)[C@@H]1O. The molecule has 26 nitrogen and oxygen atoms in total. The number of aromatic nitrogens is 8. The Morgan fingerprint density at radius 1 is 0.662 bits per heavy atom. The van der Waals surface area contributed by atoms with E-state index < -0.39 is 68.4 Å². The van der Waals surface area contributed by atoms with E-state index in [0.717, 1.165) is 32.1 Å². The minimum absolute atomic E-state index is 0. The molecule has 2 amide bonds. The van der Waals surface area contributed by atoms with Gasteiger partial charge in [-0.25, -0.2) is 39.5 Å². The molecule has 6 aromatic rings. The van der Waals surface area contributed by atoms with Crippen LogP contribution in [0.15, 0.2) is 61.2 Å². The van der Waals surface area contributed by atoms with Gasteiger partial charge in [-0.3, -0.25) is 9.13 Å². The van der Waals surface area contributed by atoms with E-state index in [1.54, 1.807) is 47.2 Å². The zero-order chi connectivity index (χ0) is 56.3. The first-order valence-corrected chi connectivity index (χ1v) is 26.3. The summed E-state index contributed by atoms with van der Waals surface area (Å²) < 4.78 is 35.7. The number of piperidine rings is 2. The van der Waals surface area contributed by atoms with Crippen molar-refractivity contribution in [1.29, 1.82) is 0 Å². The van der Waals surface area contributed by atoms with Crippen LogP contribution in [-0.2, 0) is 9.47 Å². The number of nitrogens with two attached hydrogens (primary N) is 2. The number of hydrogen-bond donors (Lipinski definition) is 8. The van der Waals surface area contributed by atoms with Gasteiger partial charge in [0, 0.05) is 61.6 Å². The maximum atomic E-state index is 12.6. The van der Waals surface area contributed by atoms with E-state index in [9.17, 15) is 35.1 Å². The summed E-state index contributed by atoms with van der Waals surface area (Å²) in [6.07, 6.45) is 3.57. The van der Waals surface area contributed by atoms with Crippen LogP contribution in [0.5, 0.6) is 23.0 Å². The van der Waals surface area contributed by atoms with E-state index in [2.05, 4.69) is 47.7 Å². The Morgan fingerprint density at radius 3 is 1.51 bits per heavy atom. The molecule has 4 fully saturated rings. The van der Waals surface area contributed by atoms with Crippen molar-refractivity contribution in [2.45, 2.75) is 95.0 Å². The summed E-state index contributed by atoms with van der Waals surface area (Å²) in [6.45, 7) is 1.66. The number of carbonyl (C=O) groups excluding carboxylic acids is 2. The number of nitrogens with zero attached hydrogens (tertiary/aromatic N) is 10. The van der Waals surface area contributed by atoms with Crippen LogP contribution in [0.3, 0.4) is 0 Å². The number of hydrogen-bond acceptors (Lipinski definition) is 22. The van der Waals surface area contributed by atoms with Crippen molar-refractivity contribution < 1.29 is 68.6 Å². The number of halogens is 1. The number of nitrogen functional groups attached to an aromatic ring is 2. The summed E-state index contributed by atoms with van der Waals surface area (Å²) >= 11 is 1.92. The van der Waals surface area contributed by atoms with Crippen LogP contribution in [-0.4, -0.2) is 182 Å². The number of rotatable bonds is 10. The number of aliphatic hydroxyl groups is 6. The van der Waals surface area contributed by atoms with E-state index in [4.69, 9.17) is 51.4 Å². The first-order chi connectivity index (χ1) is 38.2. The van der Waals surface area contributed by atoms with Gasteiger partial charge in [0.15, 0.2) is 62.2 Å². The average molecular weight is 1220 g/mol. The smallest absolute Gasteiger partial charge is 0.415 e. The first kappa shape index (κ1) is 60.5. The Balaban J connectivity index is 0.000000190. The Labute approximate surface area is 474 Å². The molecule has 4 aliphatic rings. The lowest BCUT2D eigenvalue weighted by Gasteiger charge is -2.30. The number of methoxy groups -OCH3 is 2. The van der Waals surface area contributed by atoms with Crippen molar-refractivity contribution >= 4 is 68.7 Å². The molecule has 10 N–H and O–H groups in total. The van der Waals surface area contributed by atoms with Crippen molar-refractivity contribution in [2.75, 3.05) is 65.1 Å². The minimum atomic E-state index is -1.29. The molecule has 428 valence electrons. The molecule has 0 radical (unpaired) electrons. The van der Waals surface area contributed by atoms with E-state index in [1.165, 1.54) is 28.9 Å². The first-order valence-electron chi connectivity index (χ1n) is 25.2. The van der Waals surface area contributed by atoms with Crippen molar-refractivity contribution in [2.24, 2.45) is 11.8 Å². The average Bonchev–Trinajstić information content (AvgIpc) is 4.23. The summed E-state index contributed by atoms with van der Waals surface area (Å²) in [6, 6.07) is 14.1. The molecule has 8 atom stereocenters. The largest absolute Gasteiger partial charge is 0.493 e. The van der Waals surface area contributed by atoms with Crippen molar-refractivity contribution in [3.8, 4) is 47.2 Å². The third-order valence-corrected chi connectivity index (χ3v) is 14.2. The number of fused-ring (bicyclic) bond motifs is 2. The van der Waals surface area contributed by atoms with Crippen LogP contribution in [0.1, 0.15) is 64.2 Å². The standard InChI is InChI=1S/C26H30N6O7.C16H19NO3.C10H12IN5O4.CH4/c1-37-16-6-2-3-7-17(16)39-26(36)31-11-9-15(10-12-31)5-4-8-19-29-23(27)20-24(30-19)32(14-28-20)25-22(35)21(34)18(13-33)38-25;1-3-6-13-9-11-17(12-10-13)16(18)20-15-8-5-4-7-14(15)19-2;11-10-14-7(12)4-8(15-10)16(2-13-4)9-6(19)5(18)3(1-17)20-9;/h2-3,6-7,14-15,18,21-22,25,33-35H,5,9-13H2,1H3,(H2,27,29,30);1,4-5,7-8,13H,6,9-12H2,2H3;2-3,5-6,9,17-19H,1H2,(H2,12,14,15);1H4/t18-,21?,22+,25-;;3-,5?,6+,9-;/m1.1./s1. The monoisotopic (exact) mass is 1220 g/mol. The van der Waals surface area contributed by atoms with Crippen LogP contribution >= 0.6 is 22.6 Å². The van der Waals surface area contributed by atoms with Crippen LogP contribution in [0, 0.1) is 39.9 Å². The van der Waals surface area contributed by atoms with Gasteiger partial charge in [-0.2, -0.15) is 0 Å². The molecule has 0 saturated carbocycles. The highest BCUT2D eigenvalue weighted by atomic mass is 127. The summed E-state index contributed by atoms with van der Waals surface area (Å²) in [7, 11) is 3.08. The Hall–Kier alpha value is -7.19. The second-order valence-electron chi connectivity index (χ2n) is 18.7. The molecule has 80 heavy (non-hydrogen) atoms. The zero-order valence-corrected chi connectivity index (χ0v) is 45.2. The summed E-state index contributed by atoms with van der Waals surface area (Å²) in [4.78, 5) is 53.3. The molecular weight excluding hydrogens is 1160 g/mol. The number of imidazole rings is 2. The van der Waals surface area contributed by atoms with Crippen molar-refractivity contribution in [1.82, 2.24) is 48.8 Å². The van der Waals surface area contributed by atoms with Gasteiger partial charge in [0.2, 0.25) is 5.82 Å². The van der Waals surface area contributed by atoms with Gasteiger partial charge in [0.25, 0.3) is 0 Å². The Bertz CT molecular complexity index is 3170. The van der Waals surface area contributed by atoms with Crippen LogP contribution in [0.25, 0.3) is 22.3 Å². The molecule has 8 heterocycles. The highest BCUT2D eigenvalue weighted by molar-refractivity contribution is 14.1. The second-order valence-corrected chi connectivity index (χ2v) is 19.7. The molecule has 2 unspecified atom stereocenters. The fraction of sp³-hybridized carbons (Fsp3) is 0.472. The number of carbonyl (C=O) groups is 2. The van der Waals surface area contributed by atoms with Crippen LogP contribution in [0.2, 0.25) is 0 Å². The molecule has 0 bridgehead atoms. The van der Waals surface area contributed by atoms with Gasteiger partial charge in [-0.1, -0.05) is 37.6 Å². The molecule has 10 rings (SSSR count). The van der Waals surface area contributed by atoms with Crippen LogP contribution < -0.4 is 30.4 Å². The lowest BCUT2D eigenvalue weighted by Crippen LogP contribution is -2.40. The van der Waals surface area contributed by atoms with Crippen LogP contribution in [0.4, 0.5) is 21.2 Å². The molecular formula is C53H65IN12O14.